The molecule has 0 aliphatic rings. The van der Waals surface area contributed by atoms with Crippen LogP contribution in [0.2, 0.25) is 0 Å². The molecule has 0 spiro atoms. The Morgan fingerprint density at radius 3 is 1.96 bits per heavy atom. The molecule has 0 radical (unpaired) electrons. The van der Waals surface area contributed by atoms with Gasteiger partial charge >= 0.3 is 11.9 Å². The fraction of sp³-hybridized carbons (Fsp3) is 0.900. The molecule has 0 aliphatic heterocycles. The minimum atomic E-state index is -0.189. The topological polar surface area (TPSA) is 55.8 Å². The van der Waals surface area contributed by atoms with E-state index in [0.717, 1.165) is 64.6 Å². The fourth-order valence-electron chi connectivity index (χ4n) is 2.86. The maximum atomic E-state index is 11.4. The molecular formula is C20H39NO4. The first kappa shape index (κ1) is 23.9. The quantitative estimate of drug-likeness (QED) is 0.322. The zero-order valence-electron chi connectivity index (χ0n) is 17.0. The molecule has 1 atom stereocenters. The van der Waals surface area contributed by atoms with Crippen LogP contribution in [0, 0.1) is 0 Å². The summed E-state index contributed by atoms with van der Waals surface area (Å²) in [4.78, 5) is 25.0. The van der Waals surface area contributed by atoms with Crippen molar-refractivity contribution in [2.24, 2.45) is 0 Å². The highest BCUT2D eigenvalue weighted by atomic mass is 16.5. The van der Waals surface area contributed by atoms with Crippen molar-refractivity contribution in [3.8, 4) is 0 Å². The molecule has 0 fully saturated rings. The summed E-state index contributed by atoms with van der Waals surface area (Å²) in [6.45, 7) is 12.3. The summed E-state index contributed by atoms with van der Waals surface area (Å²) in [5.41, 5.74) is 0. The van der Waals surface area contributed by atoms with Gasteiger partial charge in [0.25, 0.3) is 0 Å². The van der Waals surface area contributed by atoms with E-state index in [2.05, 4.69) is 18.7 Å². The van der Waals surface area contributed by atoms with Crippen LogP contribution in [0.15, 0.2) is 0 Å². The highest BCUT2D eigenvalue weighted by Crippen LogP contribution is 2.13. The van der Waals surface area contributed by atoms with E-state index < -0.39 is 0 Å². The van der Waals surface area contributed by atoms with Crippen molar-refractivity contribution in [3.05, 3.63) is 0 Å². The molecule has 5 nitrogen and oxygen atoms in total. The van der Waals surface area contributed by atoms with Crippen LogP contribution in [0.4, 0.5) is 0 Å². The Labute approximate surface area is 154 Å². The average Bonchev–Trinajstić information content (AvgIpc) is 2.53. The van der Waals surface area contributed by atoms with E-state index in [1.54, 1.807) is 0 Å². The molecule has 0 rings (SSSR count). The summed E-state index contributed by atoms with van der Waals surface area (Å²) >= 11 is 0. The summed E-state index contributed by atoms with van der Waals surface area (Å²) in [5.74, 6) is -0.277. The minimum absolute atomic E-state index is 0.00297. The van der Waals surface area contributed by atoms with Crippen LogP contribution >= 0.6 is 0 Å². The van der Waals surface area contributed by atoms with Crippen molar-refractivity contribution < 1.29 is 19.1 Å². The second-order valence-electron chi connectivity index (χ2n) is 6.92. The van der Waals surface area contributed by atoms with Crippen molar-refractivity contribution in [1.82, 2.24) is 4.90 Å². The smallest absolute Gasteiger partial charge is 0.306 e. The van der Waals surface area contributed by atoms with Gasteiger partial charge < -0.3 is 14.4 Å². The summed E-state index contributed by atoms with van der Waals surface area (Å²) in [6, 6.07) is 0. The third-order valence-corrected chi connectivity index (χ3v) is 4.21. The second kappa shape index (κ2) is 15.2. The maximum Gasteiger partial charge on any atom is 0.306 e. The van der Waals surface area contributed by atoms with Gasteiger partial charge in [0.2, 0.25) is 0 Å². The number of likely N-dealkylation sites (N-methyl/N-ethyl adjacent to an activating group) is 1. The standard InChI is InChI=1S/C20H39NO4/c1-6-21(7-2)16-19(25-18(5)22)14-12-10-8-9-11-13-15-20(23)24-17(3)4/h17,19H,6-16H2,1-5H3. The number of carbonyl (C=O) groups excluding carboxylic acids is 2. The molecule has 0 aromatic rings. The van der Waals surface area contributed by atoms with E-state index in [4.69, 9.17) is 9.47 Å². The largest absolute Gasteiger partial charge is 0.463 e. The summed E-state index contributed by atoms with van der Waals surface area (Å²) in [7, 11) is 0. The van der Waals surface area contributed by atoms with E-state index in [1.807, 2.05) is 13.8 Å². The Balaban J connectivity index is 3.77. The zero-order valence-corrected chi connectivity index (χ0v) is 17.0. The number of carbonyl (C=O) groups is 2. The van der Waals surface area contributed by atoms with Crippen molar-refractivity contribution in [3.63, 3.8) is 0 Å². The number of rotatable bonds is 15. The summed E-state index contributed by atoms with van der Waals surface area (Å²) in [5, 5.41) is 0. The van der Waals surface area contributed by atoms with E-state index >= 15 is 0 Å². The molecule has 0 aromatic heterocycles. The summed E-state index contributed by atoms with van der Waals surface area (Å²) < 4.78 is 10.6. The third kappa shape index (κ3) is 14.9. The van der Waals surface area contributed by atoms with Crippen LogP contribution in [0.25, 0.3) is 0 Å². The fourth-order valence-corrected chi connectivity index (χ4v) is 2.86. The van der Waals surface area contributed by atoms with Crippen LogP contribution in [0.5, 0.6) is 0 Å². The van der Waals surface area contributed by atoms with Crippen molar-refractivity contribution in [2.75, 3.05) is 19.6 Å². The number of nitrogens with zero attached hydrogens (tertiary/aromatic N) is 1. The Hall–Kier alpha value is -1.10. The molecule has 25 heavy (non-hydrogen) atoms. The van der Waals surface area contributed by atoms with Crippen LogP contribution < -0.4 is 0 Å². The first-order valence-corrected chi connectivity index (χ1v) is 9.98. The molecule has 1 unspecified atom stereocenters. The first-order valence-electron chi connectivity index (χ1n) is 9.98. The van der Waals surface area contributed by atoms with Crippen molar-refractivity contribution in [2.45, 2.75) is 98.2 Å². The van der Waals surface area contributed by atoms with Crippen LogP contribution in [-0.4, -0.2) is 48.7 Å². The lowest BCUT2D eigenvalue weighted by Gasteiger charge is -2.25. The molecule has 0 aliphatic carbocycles. The number of hydrogen-bond acceptors (Lipinski definition) is 5. The molecule has 148 valence electrons. The van der Waals surface area contributed by atoms with Gasteiger partial charge in [0.15, 0.2) is 0 Å². The molecule has 0 aromatic carbocycles. The Kier molecular flexibility index (Phi) is 14.5. The minimum Gasteiger partial charge on any atom is -0.463 e. The number of ether oxygens (including phenoxy) is 2. The van der Waals surface area contributed by atoms with Crippen molar-refractivity contribution >= 4 is 11.9 Å². The molecule has 0 saturated carbocycles. The lowest BCUT2D eigenvalue weighted by Crippen LogP contribution is -2.34. The van der Waals surface area contributed by atoms with Gasteiger partial charge in [-0.1, -0.05) is 39.5 Å². The maximum absolute atomic E-state index is 11.4. The second-order valence-corrected chi connectivity index (χ2v) is 6.92. The van der Waals surface area contributed by atoms with Crippen LogP contribution in [0.3, 0.4) is 0 Å². The van der Waals surface area contributed by atoms with Crippen LogP contribution in [0.1, 0.15) is 86.0 Å². The zero-order chi connectivity index (χ0) is 19.1. The molecular weight excluding hydrogens is 318 g/mol. The predicted molar refractivity (Wildman–Crippen MR) is 102 cm³/mol. The molecule has 0 saturated heterocycles. The van der Waals surface area contributed by atoms with Crippen LogP contribution in [-0.2, 0) is 19.1 Å². The SMILES string of the molecule is CCN(CC)CC(CCCCCCCCC(=O)OC(C)C)OC(C)=O. The normalized spacial score (nSPS) is 12.4. The Bertz CT molecular complexity index is 354. The van der Waals surface area contributed by atoms with Gasteiger partial charge in [-0.2, -0.15) is 0 Å². The molecule has 0 N–H and O–H groups in total. The van der Waals surface area contributed by atoms with E-state index in [0.29, 0.717) is 6.42 Å². The van der Waals surface area contributed by atoms with Gasteiger partial charge in [0, 0.05) is 19.9 Å². The third-order valence-electron chi connectivity index (χ3n) is 4.21. The highest BCUT2D eigenvalue weighted by molar-refractivity contribution is 5.69. The van der Waals surface area contributed by atoms with Gasteiger partial charge in [0.05, 0.1) is 6.10 Å². The molecule has 0 amide bonds. The average molecular weight is 358 g/mol. The number of unbranched alkanes of at least 4 members (excludes halogenated alkanes) is 5. The van der Waals surface area contributed by atoms with Gasteiger partial charge in [-0.3, -0.25) is 9.59 Å². The lowest BCUT2D eigenvalue weighted by molar-refractivity contribution is -0.148. The summed E-state index contributed by atoms with van der Waals surface area (Å²) in [6.07, 6.45) is 7.94. The van der Waals surface area contributed by atoms with Gasteiger partial charge in [-0.25, -0.2) is 0 Å². The Morgan fingerprint density at radius 1 is 0.880 bits per heavy atom. The Morgan fingerprint density at radius 2 is 1.44 bits per heavy atom. The molecule has 5 heteroatoms. The van der Waals surface area contributed by atoms with Gasteiger partial charge in [0.1, 0.15) is 6.10 Å². The van der Waals surface area contributed by atoms with E-state index in [9.17, 15) is 9.59 Å². The lowest BCUT2D eigenvalue weighted by atomic mass is 10.1. The molecule has 0 heterocycles. The van der Waals surface area contributed by atoms with E-state index in [-0.39, 0.29) is 24.1 Å². The van der Waals surface area contributed by atoms with Crippen molar-refractivity contribution in [1.29, 1.82) is 0 Å². The van der Waals surface area contributed by atoms with E-state index in [1.165, 1.54) is 6.92 Å². The number of esters is 2. The highest BCUT2D eigenvalue weighted by Gasteiger charge is 2.15. The number of hydrogen-bond donors (Lipinski definition) is 0. The monoisotopic (exact) mass is 357 g/mol. The van der Waals surface area contributed by atoms with Gasteiger partial charge in [-0.15, -0.1) is 0 Å². The first-order chi connectivity index (χ1) is 11.9. The predicted octanol–water partition coefficient (Wildman–Crippen LogP) is 4.33. The molecule has 0 bridgehead atoms. The van der Waals surface area contributed by atoms with Gasteiger partial charge in [-0.05, 0) is 46.2 Å².